The Bertz CT molecular complexity index is 437. The smallest absolute Gasteiger partial charge is 0.122 e. The minimum Gasteiger partial charge on any atom is -0.496 e. The van der Waals surface area contributed by atoms with Gasteiger partial charge in [0.05, 0.1) is 12.6 Å². The Morgan fingerprint density at radius 3 is 2.92 bits per heavy atom. The number of aromatic nitrogens is 1. The van der Waals surface area contributed by atoms with E-state index in [1.54, 1.807) is 13.3 Å². The van der Waals surface area contributed by atoms with Crippen molar-refractivity contribution >= 4 is 10.9 Å². The van der Waals surface area contributed by atoms with Gasteiger partial charge in [0.1, 0.15) is 5.75 Å². The average Bonchev–Trinajstić information content (AvgIpc) is 2.17. The molecule has 2 nitrogen and oxygen atoms in total. The Hall–Kier alpha value is -1.57. The van der Waals surface area contributed by atoms with Crippen LogP contribution in [0, 0.1) is 6.92 Å². The van der Waals surface area contributed by atoms with E-state index in [9.17, 15) is 0 Å². The van der Waals surface area contributed by atoms with Crippen LogP contribution in [0.4, 0.5) is 0 Å². The maximum atomic E-state index is 5.23. The van der Waals surface area contributed by atoms with Gasteiger partial charge in [-0.1, -0.05) is 6.07 Å². The van der Waals surface area contributed by atoms with E-state index in [2.05, 4.69) is 4.98 Å². The molecule has 0 N–H and O–H groups in total. The van der Waals surface area contributed by atoms with Gasteiger partial charge in [-0.25, -0.2) is 0 Å². The van der Waals surface area contributed by atoms with Gasteiger partial charge in [0.15, 0.2) is 0 Å². The number of methoxy groups -OCH3 is 1. The second-order valence-corrected chi connectivity index (χ2v) is 3.02. The minimum atomic E-state index is 0.917. The quantitative estimate of drug-likeness (QED) is 0.661. The molecule has 1 aromatic heterocycles. The van der Waals surface area contributed by atoms with E-state index < -0.39 is 0 Å². The topological polar surface area (TPSA) is 22.1 Å². The number of fused-ring (bicyclic) bond motifs is 1. The number of nitrogens with zero attached hydrogens (tertiary/aromatic N) is 1. The van der Waals surface area contributed by atoms with Gasteiger partial charge in [-0.05, 0) is 30.7 Å². The highest BCUT2D eigenvalue weighted by molar-refractivity contribution is 5.81. The molecule has 1 heterocycles. The van der Waals surface area contributed by atoms with Crippen LogP contribution in [0.3, 0.4) is 0 Å². The van der Waals surface area contributed by atoms with Crippen LogP contribution in [0.1, 0.15) is 5.56 Å². The van der Waals surface area contributed by atoms with Crippen LogP contribution in [0.2, 0.25) is 0 Å². The monoisotopic (exact) mass is 173 g/mol. The fourth-order valence-electron chi connectivity index (χ4n) is 1.42. The molecule has 0 aliphatic heterocycles. The standard InChI is InChI=1S/C11H11NO/c1-8-6-10-9(4-3-5-12-10)7-11(8)13-2/h3-7H,1-2H3. The van der Waals surface area contributed by atoms with Crippen molar-refractivity contribution in [2.45, 2.75) is 6.92 Å². The third kappa shape index (κ3) is 1.35. The van der Waals surface area contributed by atoms with E-state index in [1.165, 1.54) is 0 Å². The Morgan fingerprint density at radius 1 is 1.31 bits per heavy atom. The minimum absolute atomic E-state index is 0.917. The largest absolute Gasteiger partial charge is 0.496 e. The molecule has 66 valence electrons. The fourth-order valence-corrected chi connectivity index (χ4v) is 1.42. The highest BCUT2D eigenvalue weighted by Crippen LogP contribution is 2.23. The van der Waals surface area contributed by atoms with Crippen LogP contribution >= 0.6 is 0 Å². The molecule has 0 atom stereocenters. The molecule has 0 aliphatic rings. The number of benzene rings is 1. The lowest BCUT2D eigenvalue weighted by Crippen LogP contribution is -1.87. The van der Waals surface area contributed by atoms with Gasteiger partial charge in [0, 0.05) is 11.6 Å². The van der Waals surface area contributed by atoms with Crippen LogP contribution in [-0.2, 0) is 0 Å². The summed E-state index contributed by atoms with van der Waals surface area (Å²) in [7, 11) is 1.69. The SMILES string of the molecule is COc1cc2cccnc2cc1C. The van der Waals surface area contributed by atoms with Crippen molar-refractivity contribution in [2.24, 2.45) is 0 Å². The lowest BCUT2D eigenvalue weighted by atomic mass is 10.1. The van der Waals surface area contributed by atoms with Gasteiger partial charge in [-0.3, -0.25) is 4.98 Å². The van der Waals surface area contributed by atoms with Crippen molar-refractivity contribution in [3.63, 3.8) is 0 Å². The zero-order chi connectivity index (χ0) is 9.26. The maximum absolute atomic E-state index is 5.23. The second-order valence-electron chi connectivity index (χ2n) is 3.02. The first-order valence-electron chi connectivity index (χ1n) is 4.20. The molecule has 0 radical (unpaired) electrons. The zero-order valence-corrected chi connectivity index (χ0v) is 7.74. The summed E-state index contributed by atoms with van der Waals surface area (Å²) < 4.78 is 5.23. The molecule has 2 aromatic rings. The lowest BCUT2D eigenvalue weighted by molar-refractivity contribution is 0.412. The average molecular weight is 173 g/mol. The molecule has 0 amide bonds. The normalized spacial score (nSPS) is 10.3. The third-order valence-electron chi connectivity index (χ3n) is 2.12. The number of pyridine rings is 1. The number of rotatable bonds is 1. The predicted molar refractivity (Wildman–Crippen MR) is 53.0 cm³/mol. The molecule has 0 saturated heterocycles. The van der Waals surface area contributed by atoms with E-state index >= 15 is 0 Å². The van der Waals surface area contributed by atoms with Crippen molar-refractivity contribution in [3.8, 4) is 5.75 Å². The Kier molecular flexibility index (Phi) is 1.89. The van der Waals surface area contributed by atoms with Crippen molar-refractivity contribution in [3.05, 3.63) is 36.0 Å². The van der Waals surface area contributed by atoms with Gasteiger partial charge in [-0.2, -0.15) is 0 Å². The van der Waals surface area contributed by atoms with Crippen molar-refractivity contribution in [2.75, 3.05) is 7.11 Å². The summed E-state index contributed by atoms with van der Waals surface area (Å²) in [6, 6.07) is 8.01. The van der Waals surface area contributed by atoms with Gasteiger partial charge in [0.25, 0.3) is 0 Å². The molecule has 13 heavy (non-hydrogen) atoms. The molecular formula is C11H11NO. The Balaban J connectivity index is 2.74. The summed E-state index contributed by atoms with van der Waals surface area (Å²) in [4.78, 5) is 4.26. The Labute approximate surface area is 77.2 Å². The molecule has 0 unspecified atom stereocenters. The first-order valence-corrected chi connectivity index (χ1v) is 4.20. The van der Waals surface area contributed by atoms with Gasteiger partial charge >= 0.3 is 0 Å². The molecule has 0 fully saturated rings. The van der Waals surface area contributed by atoms with Crippen molar-refractivity contribution < 1.29 is 4.74 Å². The van der Waals surface area contributed by atoms with Crippen LogP contribution in [-0.4, -0.2) is 12.1 Å². The van der Waals surface area contributed by atoms with E-state index in [-0.39, 0.29) is 0 Å². The lowest BCUT2D eigenvalue weighted by Gasteiger charge is -2.05. The van der Waals surface area contributed by atoms with Crippen LogP contribution < -0.4 is 4.74 Å². The van der Waals surface area contributed by atoms with Crippen LogP contribution in [0.15, 0.2) is 30.5 Å². The molecular weight excluding hydrogens is 162 g/mol. The first kappa shape index (κ1) is 8.05. The van der Waals surface area contributed by atoms with E-state index in [4.69, 9.17) is 4.74 Å². The first-order chi connectivity index (χ1) is 6.31. The maximum Gasteiger partial charge on any atom is 0.122 e. The highest BCUT2D eigenvalue weighted by atomic mass is 16.5. The molecule has 1 aromatic carbocycles. The van der Waals surface area contributed by atoms with Crippen LogP contribution in [0.5, 0.6) is 5.75 Å². The van der Waals surface area contributed by atoms with Gasteiger partial charge in [0.2, 0.25) is 0 Å². The van der Waals surface area contributed by atoms with Gasteiger partial charge < -0.3 is 4.74 Å². The Morgan fingerprint density at radius 2 is 2.15 bits per heavy atom. The highest BCUT2D eigenvalue weighted by Gasteiger charge is 2.00. The predicted octanol–water partition coefficient (Wildman–Crippen LogP) is 2.55. The van der Waals surface area contributed by atoms with E-state index in [0.717, 1.165) is 22.2 Å². The summed E-state index contributed by atoms with van der Waals surface area (Å²) in [6.07, 6.45) is 1.80. The summed E-state index contributed by atoms with van der Waals surface area (Å²) in [5.74, 6) is 0.917. The number of aryl methyl sites for hydroxylation is 1. The summed E-state index contributed by atoms with van der Waals surface area (Å²) in [5, 5.41) is 1.12. The third-order valence-corrected chi connectivity index (χ3v) is 2.12. The molecule has 0 aliphatic carbocycles. The molecule has 0 bridgehead atoms. The molecule has 2 heteroatoms. The fraction of sp³-hybridized carbons (Fsp3) is 0.182. The summed E-state index contributed by atoms with van der Waals surface area (Å²) in [6.45, 7) is 2.02. The van der Waals surface area contributed by atoms with Crippen LogP contribution in [0.25, 0.3) is 10.9 Å². The molecule has 0 saturated carbocycles. The number of ether oxygens (including phenoxy) is 1. The number of hydrogen-bond acceptors (Lipinski definition) is 2. The van der Waals surface area contributed by atoms with Gasteiger partial charge in [-0.15, -0.1) is 0 Å². The van der Waals surface area contributed by atoms with Crippen molar-refractivity contribution in [1.29, 1.82) is 0 Å². The van der Waals surface area contributed by atoms with Crippen molar-refractivity contribution in [1.82, 2.24) is 4.98 Å². The zero-order valence-electron chi connectivity index (χ0n) is 7.74. The molecule has 2 rings (SSSR count). The molecule has 0 spiro atoms. The summed E-state index contributed by atoms with van der Waals surface area (Å²) >= 11 is 0. The second kappa shape index (κ2) is 3.05. The number of hydrogen-bond donors (Lipinski definition) is 0. The summed E-state index contributed by atoms with van der Waals surface area (Å²) in [5.41, 5.74) is 2.13. The van der Waals surface area contributed by atoms with E-state index in [0.29, 0.717) is 0 Å². The van der Waals surface area contributed by atoms with E-state index in [1.807, 2.05) is 31.2 Å².